The largest absolute Gasteiger partial charge is 0.366 e. The van der Waals surface area contributed by atoms with Gasteiger partial charge in [-0.2, -0.15) is 15.1 Å². The average molecular weight is 751 g/mol. The van der Waals surface area contributed by atoms with Crippen LogP contribution in [0.1, 0.15) is 66.7 Å². The number of anilines is 4. The van der Waals surface area contributed by atoms with E-state index in [-0.39, 0.29) is 23.7 Å². The van der Waals surface area contributed by atoms with Crippen molar-refractivity contribution in [1.29, 1.82) is 0 Å². The SMILES string of the molecule is CCC1CN(C)N2CCC3CNN=C3C/C(C)=C\C(=O)N=C3N(C)c4cc(C(N)=O)ccc4N3CCCCN3C(=NC(=O)C12)N(C)c1cc(C(N)=O)ccc13. The van der Waals surface area contributed by atoms with Crippen LogP contribution in [0.15, 0.2) is 63.1 Å². The first kappa shape index (κ1) is 37.7. The zero-order valence-electron chi connectivity index (χ0n) is 32.2. The molecule has 3 atom stereocenters. The van der Waals surface area contributed by atoms with E-state index in [4.69, 9.17) is 16.5 Å². The van der Waals surface area contributed by atoms with Crippen molar-refractivity contribution in [2.45, 2.75) is 52.0 Å². The molecule has 4 amide bonds. The molecule has 5 heterocycles. The number of nitrogens with zero attached hydrogens (tertiary/aromatic N) is 9. The number of allylic oxidation sites excluding steroid dienone is 1. The lowest BCUT2D eigenvalue weighted by Crippen LogP contribution is -2.46. The molecule has 0 spiro atoms. The molecule has 290 valence electrons. The van der Waals surface area contributed by atoms with Crippen molar-refractivity contribution < 1.29 is 19.2 Å². The van der Waals surface area contributed by atoms with Gasteiger partial charge in [-0.3, -0.25) is 19.2 Å². The first-order valence-electron chi connectivity index (χ1n) is 19.0. The molecule has 16 nitrogen and oxygen atoms in total. The minimum atomic E-state index is -0.544. The number of fused-ring (bicyclic) bond motifs is 8. The summed E-state index contributed by atoms with van der Waals surface area (Å²) in [6.07, 6.45) is 5.02. The maximum absolute atomic E-state index is 14.5. The normalized spacial score (nSPS) is 24.9. The van der Waals surface area contributed by atoms with Crippen LogP contribution in [0.3, 0.4) is 0 Å². The predicted molar refractivity (Wildman–Crippen MR) is 214 cm³/mol. The summed E-state index contributed by atoms with van der Waals surface area (Å²) in [5.74, 6) is -0.532. The fraction of sp³-hybridized carbons (Fsp3) is 0.462. The van der Waals surface area contributed by atoms with Crippen molar-refractivity contribution in [2.75, 3.05) is 73.5 Å². The van der Waals surface area contributed by atoms with E-state index in [2.05, 4.69) is 32.5 Å². The summed E-state index contributed by atoms with van der Waals surface area (Å²) in [6.45, 7) is 7.11. The molecule has 16 heteroatoms. The molecule has 55 heavy (non-hydrogen) atoms. The Kier molecular flexibility index (Phi) is 10.5. The van der Waals surface area contributed by atoms with Gasteiger partial charge in [-0.15, -0.1) is 0 Å². The van der Waals surface area contributed by atoms with E-state index in [0.717, 1.165) is 53.4 Å². The minimum Gasteiger partial charge on any atom is -0.366 e. The van der Waals surface area contributed by atoms with Gasteiger partial charge in [-0.25, -0.2) is 10.0 Å². The van der Waals surface area contributed by atoms with Crippen LogP contribution in [-0.4, -0.2) is 111 Å². The molecule has 0 aromatic heterocycles. The van der Waals surface area contributed by atoms with Gasteiger partial charge >= 0.3 is 0 Å². The molecule has 2 aromatic carbocycles. The van der Waals surface area contributed by atoms with Gasteiger partial charge in [0.2, 0.25) is 23.7 Å². The molecule has 0 bridgehead atoms. The summed E-state index contributed by atoms with van der Waals surface area (Å²) in [5, 5.41) is 8.91. The van der Waals surface area contributed by atoms with Crippen molar-refractivity contribution in [3.63, 3.8) is 0 Å². The zero-order chi connectivity index (χ0) is 39.1. The molecule has 3 unspecified atom stereocenters. The second-order valence-electron chi connectivity index (χ2n) is 15.0. The molecule has 1 saturated heterocycles. The summed E-state index contributed by atoms with van der Waals surface area (Å²) in [6, 6.07) is 10.1. The lowest BCUT2D eigenvalue weighted by Gasteiger charge is -2.30. The van der Waals surface area contributed by atoms with Gasteiger partial charge in [0.15, 0.2) is 0 Å². The third-order valence-electron chi connectivity index (χ3n) is 11.4. The van der Waals surface area contributed by atoms with Gasteiger partial charge in [0, 0.05) is 89.1 Å². The third kappa shape index (κ3) is 7.18. The number of amides is 4. The number of carbonyl (C=O) groups excluding carboxylic acids is 4. The molecule has 5 aliphatic rings. The van der Waals surface area contributed by atoms with E-state index < -0.39 is 17.9 Å². The van der Waals surface area contributed by atoms with E-state index in [9.17, 15) is 19.2 Å². The predicted octanol–water partition coefficient (Wildman–Crippen LogP) is 2.52. The number of hydrazine groups is 1. The lowest BCUT2D eigenvalue weighted by atomic mass is 9.94. The second-order valence-corrected chi connectivity index (χ2v) is 15.0. The highest BCUT2D eigenvalue weighted by Gasteiger charge is 2.43. The number of guanidine groups is 2. The standard InChI is InChI=1S/C39H50N12O4/c1-6-24-22-46(3)51-16-13-27-21-42-45-28(27)17-23(2)18-33(52)43-38-47(4)31-19-25(35(40)53)9-11-29(31)49(38)14-7-8-15-50-30-12-10-26(36(41)54)20-32(30)48(5)39(50)44-37(55)34(24)51/h9-12,18-20,24,27,34,42H,6-8,13-17,21-22H2,1-5H3,(H2,40,53)(H2,41,54)/b23-18-,43-38?,44-39?. The second kappa shape index (κ2) is 15.3. The Bertz CT molecular complexity index is 2040. The van der Waals surface area contributed by atoms with Gasteiger partial charge in [0.25, 0.3) is 11.8 Å². The maximum Gasteiger partial charge on any atom is 0.272 e. The summed E-state index contributed by atoms with van der Waals surface area (Å²) in [5.41, 5.74) is 20.1. The number of hydrogen-bond donors (Lipinski definition) is 3. The van der Waals surface area contributed by atoms with Crippen molar-refractivity contribution in [2.24, 2.45) is 38.4 Å². The highest BCUT2D eigenvalue weighted by atomic mass is 16.2. The number of primary amides is 2. The van der Waals surface area contributed by atoms with Crippen molar-refractivity contribution in [3.8, 4) is 0 Å². The smallest absolute Gasteiger partial charge is 0.272 e. The van der Waals surface area contributed by atoms with Crippen LogP contribution in [0.5, 0.6) is 0 Å². The van der Waals surface area contributed by atoms with Crippen LogP contribution in [0.25, 0.3) is 0 Å². The van der Waals surface area contributed by atoms with E-state index in [1.54, 1.807) is 30.3 Å². The molecule has 0 aliphatic carbocycles. The van der Waals surface area contributed by atoms with Crippen LogP contribution in [0.2, 0.25) is 0 Å². The van der Waals surface area contributed by atoms with Crippen molar-refractivity contribution >= 4 is 64.0 Å². The number of benzene rings is 2. The summed E-state index contributed by atoms with van der Waals surface area (Å²) in [4.78, 5) is 69.5. The van der Waals surface area contributed by atoms with Crippen molar-refractivity contribution in [3.05, 3.63) is 59.2 Å². The van der Waals surface area contributed by atoms with Crippen LogP contribution in [0.4, 0.5) is 22.7 Å². The number of aliphatic imine (C=N–C) groups is 2. The van der Waals surface area contributed by atoms with E-state index in [1.165, 1.54) is 0 Å². The number of nitrogens with one attached hydrogen (secondary N) is 1. The van der Waals surface area contributed by atoms with Crippen LogP contribution in [-0.2, 0) is 9.59 Å². The van der Waals surface area contributed by atoms with Gasteiger partial charge in [-0.1, -0.05) is 12.5 Å². The molecule has 7 rings (SSSR count). The average Bonchev–Trinajstić information content (AvgIpc) is 3.87. The molecule has 2 aromatic rings. The first-order chi connectivity index (χ1) is 26.4. The summed E-state index contributed by atoms with van der Waals surface area (Å²) < 4.78 is 0. The fourth-order valence-electron chi connectivity index (χ4n) is 8.43. The van der Waals surface area contributed by atoms with Crippen LogP contribution >= 0.6 is 0 Å². The Morgan fingerprint density at radius 3 is 1.98 bits per heavy atom. The maximum atomic E-state index is 14.5. The van der Waals surface area contributed by atoms with Crippen LogP contribution < -0.4 is 36.5 Å². The minimum absolute atomic E-state index is 0.0909. The molecule has 5 aliphatic heterocycles. The van der Waals surface area contributed by atoms with Crippen molar-refractivity contribution in [1.82, 2.24) is 15.4 Å². The number of rotatable bonds is 3. The molecule has 0 saturated carbocycles. The zero-order valence-corrected chi connectivity index (χ0v) is 32.2. The summed E-state index contributed by atoms with van der Waals surface area (Å²) in [7, 11) is 5.70. The van der Waals surface area contributed by atoms with Gasteiger partial charge in [0.1, 0.15) is 6.04 Å². The third-order valence-corrected chi connectivity index (χ3v) is 11.4. The van der Waals surface area contributed by atoms with Crippen LogP contribution in [0, 0.1) is 11.8 Å². The Hall–Kier alpha value is -5.61. The quantitative estimate of drug-likeness (QED) is 0.418. The number of nitrogens with two attached hydrogens (primary N) is 2. The molecule has 5 N–H and O–H groups in total. The number of carbonyl (C=O) groups is 4. The van der Waals surface area contributed by atoms with E-state index in [0.29, 0.717) is 68.5 Å². The van der Waals surface area contributed by atoms with Gasteiger partial charge in [-0.05, 0) is 74.9 Å². The monoisotopic (exact) mass is 750 g/mol. The molecule has 1 fully saturated rings. The van der Waals surface area contributed by atoms with E-state index >= 15 is 0 Å². The van der Waals surface area contributed by atoms with E-state index in [1.807, 2.05) is 59.8 Å². The fourth-order valence-corrected chi connectivity index (χ4v) is 8.43. The van der Waals surface area contributed by atoms with Gasteiger partial charge in [0.05, 0.1) is 22.7 Å². The Morgan fingerprint density at radius 1 is 0.836 bits per heavy atom. The highest BCUT2D eigenvalue weighted by molar-refractivity contribution is 6.21. The molecular formula is C39H50N12O4. The number of hydrazone groups is 1. The Morgan fingerprint density at radius 2 is 1.42 bits per heavy atom. The molecule has 0 radical (unpaired) electrons. The first-order valence-corrected chi connectivity index (χ1v) is 19.0. The number of hydrogen-bond acceptors (Lipinski definition) is 12. The Labute approximate surface area is 321 Å². The lowest BCUT2D eigenvalue weighted by molar-refractivity contribution is -0.126. The highest BCUT2D eigenvalue weighted by Crippen LogP contribution is 2.40. The molecular weight excluding hydrogens is 701 g/mol. The Balaban J connectivity index is 1.27. The topological polar surface area (TPSA) is 189 Å². The van der Waals surface area contributed by atoms with Gasteiger partial charge < -0.3 is 36.5 Å². The summed E-state index contributed by atoms with van der Waals surface area (Å²) >= 11 is 0.